The lowest BCUT2D eigenvalue weighted by Crippen LogP contribution is -2.19. The second-order valence-electron chi connectivity index (χ2n) is 6.41. The van der Waals surface area contributed by atoms with Crippen LogP contribution in [0.25, 0.3) is 22.9 Å². The molecular weight excluding hydrogens is 344 g/mol. The summed E-state index contributed by atoms with van der Waals surface area (Å²) < 4.78 is 32.0. The molecule has 0 saturated carbocycles. The molecule has 0 aliphatic rings. The zero-order chi connectivity index (χ0) is 19.2. The number of hydrogen-bond donors (Lipinski definition) is 0. The van der Waals surface area contributed by atoms with Crippen molar-refractivity contribution in [3.63, 3.8) is 0 Å². The molecule has 0 spiro atoms. The standard InChI is InChI=1S/C22H28O3S/c1-5-9-10-14-19(7-3)25-26(23,24)22-20(8-4)17(6-2)16-18-13-11-12-15-21(18)22/h6,8,11-13,15-16,19H,2,4-5,7,9-10,14H2,1,3H3. The first kappa shape index (κ1) is 20.4. The summed E-state index contributed by atoms with van der Waals surface area (Å²) in [5, 5.41) is 1.49. The van der Waals surface area contributed by atoms with Crippen molar-refractivity contribution < 1.29 is 12.6 Å². The summed E-state index contributed by atoms with van der Waals surface area (Å²) >= 11 is 0. The van der Waals surface area contributed by atoms with Crippen LogP contribution in [-0.4, -0.2) is 14.5 Å². The molecule has 0 fully saturated rings. The molecule has 0 N–H and O–H groups in total. The van der Waals surface area contributed by atoms with Gasteiger partial charge in [-0.25, -0.2) is 0 Å². The molecule has 140 valence electrons. The molecule has 0 heterocycles. The van der Waals surface area contributed by atoms with Gasteiger partial charge < -0.3 is 0 Å². The molecule has 1 atom stereocenters. The molecule has 4 heteroatoms. The van der Waals surface area contributed by atoms with E-state index in [0.29, 0.717) is 17.4 Å². The highest BCUT2D eigenvalue weighted by molar-refractivity contribution is 7.87. The third kappa shape index (κ3) is 4.43. The minimum atomic E-state index is -3.93. The van der Waals surface area contributed by atoms with E-state index >= 15 is 0 Å². The normalized spacial score (nSPS) is 12.8. The molecule has 0 radical (unpaired) electrons. The molecule has 0 aliphatic heterocycles. The van der Waals surface area contributed by atoms with Crippen molar-refractivity contribution in [3.8, 4) is 0 Å². The highest BCUT2D eigenvalue weighted by Crippen LogP contribution is 2.33. The van der Waals surface area contributed by atoms with E-state index in [-0.39, 0.29) is 11.0 Å². The fourth-order valence-electron chi connectivity index (χ4n) is 3.17. The lowest BCUT2D eigenvalue weighted by Gasteiger charge is -2.19. The van der Waals surface area contributed by atoms with E-state index in [0.717, 1.165) is 36.6 Å². The maximum absolute atomic E-state index is 13.2. The molecule has 26 heavy (non-hydrogen) atoms. The van der Waals surface area contributed by atoms with Crippen LogP contribution < -0.4 is 0 Å². The highest BCUT2D eigenvalue weighted by atomic mass is 32.2. The zero-order valence-corrected chi connectivity index (χ0v) is 16.5. The zero-order valence-electron chi connectivity index (χ0n) is 15.7. The first-order valence-corrected chi connectivity index (χ1v) is 10.6. The third-order valence-corrected chi connectivity index (χ3v) is 6.06. The Morgan fingerprint density at radius 3 is 2.46 bits per heavy atom. The van der Waals surface area contributed by atoms with Crippen LogP contribution >= 0.6 is 0 Å². The summed E-state index contributed by atoms with van der Waals surface area (Å²) in [5.41, 5.74) is 1.28. The Morgan fingerprint density at radius 1 is 1.12 bits per heavy atom. The van der Waals surface area contributed by atoms with E-state index in [1.54, 1.807) is 12.2 Å². The topological polar surface area (TPSA) is 43.4 Å². The molecule has 2 rings (SSSR count). The molecule has 2 aromatic carbocycles. The fraction of sp³-hybridized carbons (Fsp3) is 0.364. The monoisotopic (exact) mass is 372 g/mol. The van der Waals surface area contributed by atoms with E-state index < -0.39 is 10.1 Å². The first-order valence-electron chi connectivity index (χ1n) is 9.22. The van der Waals surface area contributed by atoms with Gasteiger partial charge >= 0.3 is 0 Å². The summed E-state index contributed by atoms with van der Waals surface area (Å²) in [6.45, 7) is 11.7. The van der Waals surface area contributed by atoms with Gasteiger partial charge in [0, 0.05) is 10.9 Å². The minimum Gasteiger partial charge on any atom is -0.263 e. The van der Waals surface area contributed by atoms with E-state index in [9.17, 15) is 8.42 Å². The van der Waals surface area contributed by atoms with Gasteiger partial charge in [-0.05, 0) is 29.9 Å². The molecule has 2 aromatic rings. The molecule has 3 nitrogen and oxygen atoms in total. The molecule has 0 saturated heterocycles. The summed E-state index contributed by atoms with van der Waals surface area (Å²) in [5.74, 6) is 0. The quantitative estimate of drug-likeness (QED) is 0.369. The van der Waals surface area contributed by atoms with Crippen LogP contribution in [0, 0.1) is 0 Å². The van der Waals surface area contributed by atoms with Gasteiger partial charge in [0.05, 0.1) is 6.10 Å². The molecule has 0 bridgehead atoms. The van der Waals surface area contributed by atoms with Gasteiger partial charge in [0.2, 0.25) is 0 Å². The van der Waals surface area contributed by atoms with Gasteiger partial charge in [0.15, 0.2) is 0 Å². The van der Waals surface area contributed by atoms with E-state index in [4.69, 9.17) is 4.18 Å². The molecular formula is C22H28O3S. The van der Waals surface area contributed by atoms with Crippen molar-refractivity contribution in [3.05, 3.63) is 54.6 Å². The second kappa shape index (κ2) is 9.15. The largest absolute Gasteiger partial charge is 0.298 e. The Balaban J connectivity index is 2.55. The van der Waals surface area contributed by atoms with Crippen molar-refractivity contribution in [2.75, 3.05) is 0 Å². The number of rotatable bonds is 10. The Hall–Kier alpha value is -1.91. The maximum Gasteiger partial charge on any atom is 0.298 e. The summed E-state index contributed by atoms with van der Waals surface area (Å²) in [4.78, 5) is 0.189. The van der Waals surface area contributed by atoms with Crippen LogP contribution in [0.15, 0.2) is 48.4 Å². The number of hydrogen-bond acceptors (Lipinski definition) is 3. The average Bonchev–Trinajstić information content (AvgIpc) is 2.65. The number of benzene rings is 2. The summed E-state index contributed by atoms with van der Waals surface area (Å²) in [6.07, 6.45) is 7.45. The summed E-state index contributed by atoms with van der Waals surface area (Å²) in [6, 6.07) is 9.35. The van der Waals surface area contributed by atoms with Crippen LogP contribution in [0.4, 0.5) is 0 Å². The molecule has 0 amide bonds. The predicted molar refractivity (Wildman–Crippen MR) is 111 cm³/mol. The van der Waals surface area contributed by atoms with E-state index in [1.165, 1.54) is 0 Å². The van der Waals surface area contributed by atoms with Gasteiger partial charge in [-0.3, -0.25) is 4.18 Å². The van der Waals surface area contributed by atoms with Crippen LogP contribution in [0.3, 0.4) is 0 Å². The maximum atomic E-state index is 13.2. The molecule has 0 aliphatic carbocycles. The van der Waals surface area contributed by atoms with Gasteiger partial charge in [0.1, 0.15) is 4.90 Å². The highest BCUT2D eigenvalue weighted by Gasteiger charge is 2.26. The SMILES string of the molecule is C=Cc1cc2ccccc2c(S(=O)(=O)OC(CC)CCCCC)c1C=C. The molecule has 1 unspecified atom stereocenters. The van der Waals surface area contributed by atoms with E-state index in [1.807, 2.05) is 37.3 Å². The van der Waals surface area contributed by atoms with Crippen molar-refractivity contribution in [1.29, 1.82) is 0 Å². The Labute approximate surface area is 157 Å². The van der Waals surface area contributed by atoms with Crippen LogP contribution in [0.2, 0.25) is 0 Å². The Bertz CT molecular complexity index is 882. The van der Waals surface area contributed by atoms with Crippen molar-refractivity contribution in [1.82, 2.24) is 0 Å². The van der Waals surface area contributed by atoms with Crippen LogP contribution in [-0.2, 0) is 14.3 Å². The predicted octanol–water partition coefficient (Wildman–Crippen LogP) is 6.19. The average molecular weight is 373 g/mol. The number of unbranched alkanes of at least 4 members (excludes halogenated alkanes) is 2. The van der Waals surface area contributed by atoms with Gasteiger partial charge in [-0.15, -0.1) is 0 Å². The van der Waals surface area contributed by atoms with Crippen molar-refractivity contribution in [2.24, 2.45) is 0 Å². The lowest BCUT2D eigenvalue weighted by atomic mass is 10.0. The van der Waals surface area contributed by atoms with Gasteiger partial charge in [-0.1, -0.05) is 82.7 Å². The smallest absolute Gasteiger partial charge is 0.263 e. The fourth-order valence-corrected chi connectivity index (χ4v) is 4.78. The Morgan fingerprint density at radius 2 is 1.85 bits per heavy atom. The Kier molecular flexibility index (Phi) is 7.18. The minimum absolute atomic E-state index is 0.189. The lowest BCUT2D eigenvalue weighted by molar-refractivity contribution is 0.190. The van der Waals surface area contributed by atoms with Crippen LogP contribution in [0.1, 0.15) is 57.1 Å². The van der Waals surface area contributed by atoms with Gasteiger partial charge in [-0.2, -0.15) is 8.42 Å². The molecule has 0 aromatic heterocycles. The van der Waals surface area contributed by atoms with Gasteiger partial charge in [0.25, 0.3) is 10.1 Å². The van der Waals surface area contributed by atoms with Crippen molar-refractivity contribution in [2.45, 2.75) is 57.0 Å². The summed E-state index contributed by atoms with van der Waals surface area (Å²) in [7, 11) is -3.93. The van der Waals surface area contributed by atoms with E-state index in [2.05, 4.69) is 20.1 Å². The third-order valence-electron chi connectivity index (χ3n) is 4.59. The van der Waals surface area contributed by atoms with Crippen LogP contribution in [0.5, 0.6) is 0 Å². The first-order chi connectivity index (χ1) is 12.5. The second-order valence-corrected chi connectivity index (χ2v) is 7.92. The van der Waals surface area contributed by atoms with Crippen molar-refractivity contribution >= 4 is 33.0 Å². The number of fused-ring (bicyclic) bond motifs is 1.